The normalized spacial score (nSPS) is 16.7. The highest BCUT2D eigenvalue weighted by molar-refractivity contribution is 5.49. The maximum atomic E-state index is 9.42. The van der Waals surface area contributed by atoms with Crippen LogP contribution in [0.5, 0.6) is 5.75 Å². The van der Waals surface area contributed by atoms with Gasteiger partial charge >= 0.3 is 0 Å². The number of benzene rings is 1. The number of nitrogens with two attached hydrogens (primary N) is 1. The van der Waals surface area contributed by atoms with Crippen LogP contribution in [0.15, 0.2) is 24.3 Å². The Morgan fingerprint density at radius 2 is 1.68 bits per heavy atom. The van der Waals surface area contributed by atoms with Crippen LogP contribution in [-0.4, -0.2) is 65.2 Å². The lowest BCUT2D eigenvalue weighted by Gasteiger charge is -2.38. The van der Waals surface area contributed by atoms with E-state index in [-0.39, 0.29) is 12.0 Å². The molecule has 1 saturated heterocycles. The molecule has 0 spiro atoms. The maximum absolute atomic E-state index is 9.42. The molecule has 0 aliphatic carbocycles. The van der Waals surface area contributed by atoms with Gasteiger partial charge in [0.15, 0.2) is 5.82 Å². The number of nitrogens with zero attached hydrogens (tertiary/aromatic N) is 6. The van der Waals surface area contributed by atoms with Gasteiger partial charge in [-0.3, -0.25) is 4.90 Å². The summed E-state index contributed by atoms with van der Waals surface area (Å²) >= 11 is 0. The van der Waals surface area contributed by atoms with Gasteiger partial charge in [-0.2, -0.15) is 15.0 Å². The number of rotatable bonds is 4. The molecule has 0 amide bonds. The van der Waals surface area contributed by atoms with Crippen LogP contribution in [0.3, 0.4) is 0 Å². The Kier molecular flexibility index (Phi) is 4.89. The number of hydrogen-bond acceptors (Lipinski definition) is 8. The predicted molar refractivity (Wildman–Crippen MR) is 98.9 cm³/mol. The van der Waals surface area contributed by atoms with E-state index in [0.29, 0.717) is 17.5 Å². The van der Waals surface area contributed by atoms with E-state index < -0.39 is 0 Å². The van der Waals surface area contributed by atoms with Gasteiger partial charge in [0.1, 0.15) is 5.75 Å². The Labute approximate surface area is 147 Å². The summed E-state index contributed by atoms with van der Waals surface area (Å²) in [4.78, 5) is 19.5. The lowest BCUT2D eigenvalue weighted by molar-refractivity contribution is 0.191. The molecule has 25 heavy (non-hydrogen) atoms. The molecule has 0 bridgehead atoms. The first-order valence-electron chi connectivity index (χ1n) is 8.41. The van der Waals surface area contributed by atoms with Crippen LogP contribution < -0.4 is 15.5 Å². The summed E-state index contributed by atoms with van der Waals surface area (Å²) in [5, 5.41) is 9.42. The fraction of sp³-hybridized carbons (Fsp3) is 0.471. The molecule has 1 aromatic carbocycles. The largest absolute Gasteiger partial charge is 0.508 e. The lowest BCUT2D eigenvalue weighted by atomic mass is 10.2. The molecular weight excluding hydrogens is 318 g/mol. The van der Waals surface area contributed by atoms with Gasteiger partial charge in [-0.15, -0.1) is 0 Å². The topological polar surface area (TPSA) is 94.6 Å². The molecule has 3 rings (SSSR count). The average molecular weight is 343 g/mol. The zero-order chi connectivity index (χ0) is 18.0. The summed E-state index contributed by atoms with van der Waals surface area (Å²) in [6.07, 6.45) is 0. The van der Waals surface area contributed by atoms with Crippen LogP contribution in [0.25, 0.3) is 0 Å². The van der Waals surface area contributed by atoms with E-state index in [2.05, 4.69) is 31.7 Å². The molecular formula is C17H25N7O. The molecule has 1 atom stereocenters. The van der Waals surface area contributed by atoms with E-state index in [1.165, 1.54) is 0 Å². The van der Waals surface area contributed by atoms with Gasteiger partial charge in [-0.05, 0) is 31.2 Å². The third kappa shape index (κ3) is 3.90. The Morgan fingerprint density at radius 1 is 1.04 bits per heavy atom. The summed E-state index contributed by atoms with van der Waals surface area (Å²) in [6, 6.07) is 7.42. The van der Waals surface area contributed by atoms with Crippen molar-refractivity contribution in [3.05, 3.63) is 30.1 Å². The molecule has 0 radical (unpaired) electrons. The zero-order valence-corrected chi connectivity index (χ0v) is 14.9. The van der Waals surface area contributed by atoms with E-state index in [9.17, 15) is 5.11 Å². The van der Waals surface area contributed by atoms with Crippen LogP contribution in [-0.2, 0) is 0 Å². The maximum Gasteiger partial charge on any atom is 0.229 e. The van der Waals surface area contributed by atoms with Crippen LogP contribution in [0.4, 0.5) is 17.6 Å². The molecule has 3 N–H and O–H groups in total. The first-order valence-corrected chi connectivity index (χ1v) is 8.41. The minimum atomic E-state index is 0.0750. The van der Waals surface area contributed by atoms with Crippen LogP contribution in [0.1, 0.15) is 18.8 Å². The zero-order valence-electron chi connectivity index (χ0n) is 14.9. The van der Waals surface area contributed by atoms with Crippen LogP contribution >= 0.6 is 0 Å². The van der Waals surface area contributed by atoms with Crippen molar-refractivity contribution in [2.24, 2.45) is 0 Å². The van der Waals surface area contributed by atoms with Crippen LogP contribution in [0.2, 0.25) is 0 Å². The number of aromatic nitrogens is 3. The number of aromatic hydroxyl groups is 1. The van der Waals surface area contributed by atoms with Gasteiger partial charge in [0.25, 0.3) is 0 Å². The number of phenols is 1. The second-order valence-corrected chi connectivity index (χ2v) is 6.46. The van der Waals surface area contributed by atoms with Gasteiger partial charge in [0, 0.05) is 46.0 Å². The SMILES string of the molecule is C[C@@H](c1nc(N)nc(N(C)C)n1)N1CCN(c2ccc(O)cc2)CC1. The molecule has 1 fully saturated rings. The number of hydrogen-bond donors (Lipinski definition) is 2. The standard InChI is InChI=1S/C17H25N7O/c1-12(15-19-16(18)21-17(20-15)22(2)3)23-8-10-24(11-9-23)13-4-6-14(25)7-5-13/h4-7,12,25H,8-11H2,1-3H3,(H2,18,19,20,21)/t12-/m0/s1. The third-order valence-corrected chi connectivity index (χ3v) is 4.51. The average Bonchev–Trinajstić information content (AvgIpc) is 2.61. The van der Waals surface area contributed by atoms with Crippen molar-refractivity contribution < 1.29 is 5.11 Å². The molecule has 1 aliphatic rings. The van der Waals surface area contributed by atoms with Crippen molar-refractivity contribution in [1.82, 2.24) is 19.9 Å². The van der Waals surface area contributed by atoms with Gasteiger partial charge < -0.3 is 20.6 Å². The summed E-state index contributed by atoms with van der Waals surface area (Å²) in [7, 11) is 3.78. The lowest BCUT2D eigenvalue weighted by Crippen LogP contribution is -2.47. The van der Waals surface area contributed by atoms with E-state index in [1.54, 1.807) is 12.1 Å². The Balaban J connectivity index is 1.67. The van der Waals surface area contributed by atoms with E-state index >= 15 is 0 Å². The van der Waals surface area contributed by atoms with Gasteiger partial charge in [-0.25, -0.2) is 0 Å². The first kappa shape index (κ1) is 17.2. The predicted octanol–water partition coefficient (Wildman–Crippen LogP) is 1.11. The first-order chi connectivity index (χ1) is 11.9. The molecule has 134 valence electrons. The number of nitrogen functional groups attached to an aromatic ring is 1. The highest BCUT2D eigenvalue weighted by Crippen LogP contribution is 2.24. The summed E-state index contributed by atoms with van der Waals surface area (Å²) in [5.41, 5.74) is 6.97. The van der Waals surface area contributed by atoms with Gasteiger partial charge in [-0.1, -0.05) is 0 Å². The summed E-state index contributed by atoms with van der Waals surface area (Å²) < 4.78 is 0. The highest BCUT2D eigenvalue weighted by atomic mass is 16.3. The smallest absolute Gasteiger partial charge is 0.229 e. The number of piperazine rings is 1. The van der Waals surface area contributed by atoms with Crippen molar-refractivity contribution in [2.45, 2.75) is 13.0 Å². The second-order valence-electron chi connectivity index (χ2n) is 6.46. The number of anilines is 3. The molecule has 1 aromatic heterocycles. The quantitative estimate of drug-likeness (QED) is 0.852. The van der Waals surface area contributed by atoms with Crippen molar-refractivity contribution in [2.75, 3.05) is 55.8 Å². The van der Waals surface area contributed by atoms with Gasteiger partial charge in [0.05, 0.1) is 6.04 Å². The Hall–Kier alpha value is -2.61. The monoisotopic (exact) mass is 343 g/mol. The van der Waals surface area contributed by atoms with Crippen molar-refractivity contribution in [1.29, 1.82) is 0 Å². The van der Waals surface area contributed by atoms with E-state index in [0.717, 1.165) is 31.9 Å². The van der Waals surface area contributed by atoms with Crippen molar-refractivity contribution in [3.63, 3.8) is 0 Å². The molecule has 8 heteroatoms. The Bertz CT molecular complexity index is 711. The fourth-order valence-corrected chi connectivity index (χ4v) is 2.98. The van der Waals surface area contributed by atoms with E-state index in [4.69, 9.17) is 5.73 Å². The molecule has 2 aromatic rings. The Morgan fingerprint density at radius 3 is 2.28 bits per heavy atom. The third-order valence-electron chi connectivity index (χ3n) is 4.51. The molecule has 0 saturated carbocycles. The molecule has 1 aliphatic heterocycles. The minimum absolute atomic E-state index is 0.0750. The van der Waals surface area contributed by atoms with E-state index in [1.807, 2.05) is 31.1 Å². The molecule has 8 nitrogen and oxygen atoms in total. The van der Waals surface area contributed by atoms with Crippen molar-refractivity contribution >= 4 is 17.6 Å². The minimum Gasteiger partial charge on any atom is -0.508 e. The summed E-state index contributed by atoms with van der Waals surface area (Å²) in [5.74, 6) is 1.83. The summed E-state index contributed by atoms with van der Waals surface area (Å²) in [6.45, 7) is 5.74. The molecule has 0 unspecified atom stereocenters. The highest BCUT2D eigenvalue weighted by Gasteiger charge is 2.25. The van der Waals surface area contributed by atoms with Crippen LogP contribution in [0, 0.1) is 0 Å². The van der Waals surface area contributed by atoms with Gasteiger partial charge in [0.2, 0.25) is 11.9 Å². The second kappa shape index (κ2) is 7.10. The van der Waals surface area contributed by atoms with Crippen molar-refractivity contribution in [3.8, 4) is 5.75 Å². The number of phenolic OH excluding ortho intramolecular Hbond substituents is 1. The molecule has 2 heterocycles. The fourth-order valence-electron chi connectivity index (χ4n) is 2.98.